The number of halogens is 1. The Morgan fingerprint density at radius 2 is 2.30 bits per heavy atom. The first kappa shape index (κ1) is 15.3. The Balaban J connectivity index is 1.78. The number of benzene rings is 1. The molecule has 0 radical (unpaired) electrons. The Morgan fingerprint density at radius 1 is 1.45 bits per heavy atom. The molecule has 1 aromatic carbocycles. The van der Waals surface area contributed by atoms with E-state index in [2.05, 4.69) is 11.9 Å². The van der Waals surface area contributed by atoms with Gasteiger partial charge in [-0.1, -0.05) is 12.1 Å². The minimum absolute atomic E-state index is 0.294. The van der Waals surface area contributed by atoms with Gasteiger partial charge in [-0.2, -0.15) is 0 Å². The van der Waals surface area contributed by atoms with Crippen molar-refractivity contribution in [2.24, 2.45) is 0 Å². The van der Waals surface area contributed by atoms with Crippen molar-refractivity contribution in [2.45, 2.75) is 38.3 Å². The maximum atomic E-state index is 13.6. The minimum atomic E-state index is -0.294. The van der Waals surface area contributed by atoms with Crippen molar-refractivity contribution in [3.05, 3.63) is 29.6 Å². The molecule has 1 heterocycles. The maximum Gasteiger partial charge on any atom is 0.165 e. The maximum absolute atomic E-state index is 13.6. The van der Waals surface area contributed by atoms with Gasteiger partial charge in [-0.3, -0.25) is 0 Å². The van der Waals surface area contributed by atoms with E-state index < -0.39 is 0 Å². The SMILES string of the molecule is COc1c(F)cccc1CN(C)CCC[C@@H]1CCCO1. The molecule has 112 valence electrons. The number of hydrogen-bond acceptors (Lipinski definition) is 3. The molecule has 0 saturated carbocycles. The smallest absolute Gasteiger partial charge is 0.165 e. The van der Waals surface area contributed by atoms with E-state index in [9.17, 15) is 4.39 Å². The van der Waals surface area contributed by atoms with Gasteiger partial charge in [0, 0.05) is 18.7 Å². The number of nitrogens with zero attached hydrogens (tertiary/aromatic N) is 1. The van der Waals surface area contributed by atoms with E-state index in [1.54, 1.807) is 6.07 Å². The summed E-state index contributed by atoms with van der Waals surface area (Å²) in [4.78, 5) is 2.20. The van der Waals surface area contributed by atoms with Gasteiger partial charge in [0.2, 0.25) is 0 Å². The largest absolute Gasteiger partial charge is 0.493 e. The summed E-state index contributed by atoms with van der Waals surface area (Å²) in [6, 6.07) is 5.08. The molecule has 0 bridgehead atoms. The third-order valence-corrected chi connectivity index (χ3v) is 3.78. The van der Waals surface area contributed by atoms with Crippen LogP contribution < -0.4 is 4.74 Å². The van der Waals surface area contributed by atoms with Crippen molar-refractivity contribution in [3.63, 3.8) is 0 Å². The van der Waals surface area contributed by atoms with Gasteiger partial charge in [0.15, 0.2) is 11.6 Å². The summed E-state index contributed by atoms with van der Waals surface area (Å²) in [7, 11) is 3.57. The molecule has 0 amide bonds. The van der Waals surface area contributed by atoms with Gasteiger partial charge in [0.1, 0.15) is 0 Å². The van der Waals surface area contributed by atoms with E-state index in [-0.39, 0.29) is 5.82 Å². The van der Waals surface area contributed by atoms with E-state index in [1.165, 1.54) is 26.0 Å². The van der Waals surface area contributed by atoms with Crippen molar-refractivity contribution in [1.29, 1.82) is 0 Å². The molecule has 1 fully saturated rings. The third kappa shape index (κ3) is 4.18. The lowest BCUT2D eigenvalue weighted by atomic mass is 10.1. The van der Waals surface area contributed by atoms with Gasteiger partial charge < -0.3 is 14.4 Å². The number of hydrogen-bond donors (Lipinski definition) is 0. The van der Waals surface area contributed by atoms with E-state index in [1.807, 2.05) is 6.07 Å². The van der Waals surface area contributed by atoms with Crippen LogP contribution in [0.1, 0.15) is 31.2 Å². The molecule has 2 rings (SSSR count). The fourth-order valence-corrected chi connectivity index (χ4v) is 2.74. The topological polar surface area (TPSA) is 21.7 Å². The molecule has 0 spiro atoms. The lowest BCUT2D eigenvalue weighted by Crippen LogP contribution is -2.21. The highest BCUT2D eigenvalue weighted by Crippen LogP contribution is 2.23. The fourth-order valence-electron chi connectivity index (χ4n) is 2.74. The molecular formula is C16H24FNO2. The zero-order chi connectivity index (χ0) is 14.4. The van der Waals surface area contributed by atoms with Crippen molar-refractivity contribution in [1.82, 2.24) is 4.90 Å². The van der Waals surface area contributed by atoms with Crippen molar-refractivity contribution < 1.29 is 13.9 Å². The monoisotopic (exact) mass is 281 g/mol. The highest BCUT2D eigenvalue weighted by Gasteiger charge is 2.15. The zero-order valence-corrected chi connectivity index (χ0v) is 12.4. The van der Waals surface area contributed by atoms with Crippen LogP contribution in [0.5, 0.6) is 5.75 Å². The van der Waals surface area contributed by atoms with Crippen LogP contribution in [0.25, 0.3) is 0 Å². The predicted octanol–water partition coefficient (Wildman–Crippen LogP) is 3.23. The van der Waals surface area contributed by atoms with Crippen molar-refractivity contribution in [3.8, 4) is 5.75 Å². The van der Waals surface area contributed by atoms with Gasteiger partial charge in [-0.15, -0.1) is 0 Å². The first-order valence-corrected chi connectivity index (χ1v) is 7.32. The first-order chi connectivity index (χ1) is 9.70. The molecule has 0 N–H and O–H groups in total. The van der Waals surface area contributed by atoms with Crippen LogP contribution in [0.4, 0.5) is 4.39 Å². The Bertz CT molecular complexity index is 419. The molecule has 1 aliphatic rings. The van der Waals surface area contributed by atoms with E-state index in [0.29, 0.717) is 18.4 Å². The molecular weight excluding hydrogens is 257 g/mol. The van der Waals surface area contributed by atoms with Crippen LogP contribution in [0.3, 0.4) is 0 Å². The van der Waals surface area contributed by atoms with Crippen LogP contribution in [0.15, 0.2) is 18.2 Å². The van der Waals surface area contributed by atoms with Crippen LogP contribution in [0, 0.1) is 5.82 Å². The number of methoxy groups -OCH3 is 1. The van der Waals surface area contributed by atoms with E-state index in [0.717, 1.165) is 31.6 Å². The fraction of sp³-hybridized carbons (Fsp3) is 0.625. The minimum Gasteiger partial charge on any atom is -0.493 e. The molecule has 4 heteroatoms. The van der Waals surface area contributed by atoms with Gasteiger partial charge in [-0.05, 0) is 45.3 Å². The number of rotatable bonds is 7. The van der Waals surface area contributed by atoms with E-state index >= 15 is 0 Å². The van der Waals surface area contributed by atoms with Crippen LogP contribution >= 0.6 is 0 Å². The summed E-state index contributed by atoms with van der Waals surface area (Å²) in [5.74, 6) is 0.0660. The Kier molecular flexibility index (Phi) is 5.80. The predicted molar refractivity (Wildman–Crippen MR) is 77.5 cm³/mol. The van der Waals surface area contributed by atoms with Crippen LogP contribution in [-0.2, 0) is 11.3 Å². The standard InChI is InChI=1S/C16H24FNO2/c1-18(10-4-7-14-8-5-11-20-14)12-13-6-3-9-15(17)16(13)19-2/h3,6,9,14H,4-5,7-8,10-12H2,1-2H3/t14-/m1/s1. The summed E-state index contributed by atoms with van der Waals surface area (Å²) < 4.78 is 24.4. The Hall–Kier alpha value is -1.13. The van der Waals surface area contributed by atoms with Crippen LogP contribution in [0.2, 0.25) is 0 Å². The number of para-hydroxylation sites is 1. The summed E-state index contributed by atoms with van der Waals surface area (Å²) in [5, 5.41) is 0. The second-order valence-corrected chi connectivity index (χ2v) is 5.45. The van der Waals surface area contributed by atoms with Gasteiger partial charge in [-0.25, -0.2) is 4.39 Å². The molecule has 0 unspecified atom stereocenters. The van der Waals surface area contributed by atoms with E-state index in [4.69, 9.17) is 9.47 Å². The molecule has 1 atom stereocenters. The molecule has 20 heavy (non-hydrogen) atoms. The summed E-state index contributed by atoms with van der Waals surface area (Å²) in [5.41, 5.74) is 0.895. The van der Waals surface area contributed by atoms with Crippen molar-refractivity contribution in [2.75, 3.05) is 27.3 Å². The van der Waals surface area contributed by atoms with Gasteiger partial charge in [0.05, 0.1) is 13.2 Å². The highest BCUT2D eigenvalue weighted by atomic mass is 19.1. The zero-order valence-electron chi connectivity index (χ0n) is 12.4. The normalized spacial score (nSPS) is 18.7. The summed E-state index contributed by atoms with van der Waals surface area (Å²) in [6.45, 7) is 2.60. The molecule has 0 aromatic heterocycles. The average molecular weight is 281 g/mol. The van der Waals surface area contributed by atoms with Crippen molar-refractivity contribution >= 4 is 0 Å². The van der Waals surface area contributed by atoms with Crippen LogP contribution in [-0.4, -0.2) is 38.3 Å². The lowest BCUT2D eigenvalue weighted by molar-refractivity contribution is 0.0995. The summed E-state index contributed by atoms with van der Waals surface area (Å²) >= 11 is 0. The molecule has 1 saturated heterocycles. The lowest BCUT2D eigenvalue weighted by Gasteiger charge is -2.19. The third-order valence-electron chi connectivity index (χ3n) is 3.78. The molecule has 1 aliphatic heterocycles. The van der Waals surface area contributed by atoms with Gasteiger partial charge in [0.25, 0.3) is 0 Å². The Morgan fingerprint density at radius 3 is 3.00 bits per heavy atom. The molecule has 3 nitrogen and oxygen atoms in total. The summed E-state index contributed by atoms with van der Waals surface area (Å²) in [6.07, 6.45) is 5.07. The molecule has 1 aromatic rings. The highest BCUT2D eigenvalue weighted by molar-refractivity contribution is 5.34. The second kappa shape index (κ2) is 7.60. The average Bonchev–Trinajstić information content (AvgIpc) is 2.92. The number of ether oxygens (including phenoxy) is 2. The molecule has 0 aliphatic carbocycles. The second-order valence-electron chi connectivity index (χ2n) is 5.45. The van der Waals surface area contributed by atoms with Gasteiger partial charge >= 0.3 is 0 Å². The first-order valence-electron chi connectivity index (χ1n) is 7.32. The quantitative estimate of drug-likeness (QED) is 0.766. The Labute approximate surface area is 120 Å².